The number of anilines is 1. The van der Waals surface area contributed by atoms with E-state index in [1.165, 1.54) is 5.56 Å². The Morgan fingerprint density at radius 1 is 1.25 bits per heavy atom. The molecule has 104 valence electrons. The van der Waals surface area contributed by atoms with Gasteiger partial charge in [0.1, 0.15) is 6.23 Å². The van der Waals surface area contributed by atoms with Crippen molar-refractivity contribution in [3.05, 3.63) is 29.8 Å². The van der Waals surface area contributed by atoms with E-state index in [1.807, 2.05) is 36.1 Å². The fourth-order valence-corrected chi connectivity index (χ4v) is 5.04. The number of aliphatic hydroxyl groups excluding tert-OH is 1. The molecule has 4 fully saturated rings. The van der Waals surface area contributed by atoms with Crippen LogP contribution in [0.2, 0.25) is 0 Å². The third-order valence-electron chi connectivity index (χ3n) is 5.83. The summed E-state index contributed by atoms with van der Waals surface area (Å²) in [4.78, 5) is 14.6. The molecule has 2 saturated carbocycles. The van der Waals surface area contributed by atoms with Crippen LogP contribution < -0.4 is 4.90 Å². The predicted octanol–water partition coefficient (Wildman–Crippen LogP) is 1.31. The molecule has 0 radical (unpaired) electrons. The Hall–Kier alpha value is -1.39. The Bertz CT molecular complexity index is 598. The van der Waals surface area contributed by atoms with Gasteiger partial charge in [0.25, 0.3) is 0 Å². The Kier molecular flexibility index (Phi) is 1.94. The summed E-state index contributed by atoms with van der Waals surface area (Å²) in [5.74, 6) is 0.906. The fraction of sp³-hybridized carbons (Fsp3) is 0.562. The van der Waals surface area contributed by atoms with Gasteiger partial charge in [-0.3, -0.25) is 9.69 Å². The van der Waals surface area contributed by atoms with Gasteiger partial charge in [0, 0.05) is 11.6 Å². The molecule has 1 aromatic carbocycles. The number of carbonyl (C=O) groups excluding carboxylic acids is 1. The smallest absolute Gasteiger partial charge is 0.233 e. The Morgan fingerprint density at radius 2 is 2.00 bits per heavy atom. The van der Waals surface area contributed by atoms with Crippen molar-refractivity contribution in [1.29, 1.82) is 0 Å². The monoisotopic (exact) mass is 271 g/mol. The second kappa shape index (κ2) is 3.43. The van der Waals surface area contributed by atoms with Crippen molar-refractivity contribution in [2.75, 3.05) is 4.90 Å². The van der Waals surface area contributed by atoms with E-state index in [2.05, 4.69) is 0 Å². The average molecular weight is 271 g/mol. The number of hydrogen-bond acceptors (Lipinski definition) is 3. The van der Waals surface area contributed by atoms with Crippen LogP contribution in [-0.2, 0) is 9.53 Å². The number of nitrogens with zero attached hydrogens (tertiary/aromatic N) is 1. The summed E-state index contributed by atoms with van der Waals surface area (Å²) in [7, 11) is 0. The van der Waals surface area contributed by atoms with Gasteiger partial charge in [0.2, 0.25) is 5.91 Å². The molecule has 0 spiro atoms. The number of rotatable bonds is 1. The zero-order valence-corrected chi connectivity index (χ0v) is 11.3. The number of fused-ring (bicyclic) bond motifs is 2. The van der Waals surface area contributed by atoms with E-state index in [-0.39, 0.29) is 30.1 Å². The minimum absolute atomic E-state index is 0.0277. The van der Waals surface area contributed by atoms with Crippen LogP contribution in [0, 0.1) is 30.6 Å². The molecule has 1 N–H and O–H groups in total. The normalized spacial score (nSPS) is 47.6. The quantitative estimate of drug-likeness (QED) is 0.838. The van der Waals surface area contributed by atoms with Crippen LogP contribution in [0.3, 0.4) is 0 Å². The maximum Gasteiger partial charge on any atom is 0.233 e. The highest BCUT2D eigenvalue weighted by atomic mass is 16.5. The molecule has 7 atom stereocenters. The first-order chi connectivity index (χ1) is 9.66. The molecule has 1 amide bonds. The van der Waals surface area contributed by atoms with E-state index in [1.54, 1.807) is 0 Å². The molecule has 2 aliphatic heterocycles. The number of aliphatic hydroxyl groups is 1. The number of amides is 1. The molecule has 4 nitrogen and oxygen atoms in total. The fourth-order valence-electron chi connectivity index (χ4n) is 5.04. The number of aryl methyl sites for hydroxylation is 1. The second-order valence-corrected chi connectivity index (χ2v) is 6.69. The zero-order chi connectivity index (χ0) is 13.6. The minimum Gasteiger partial charge on any atom is -0.390 e. The van der Waals surface area contributed by atoms with E-state index >= 15 is 0 Å². The summed E-state index contributed by atoms with van der Waals surface area (Å²) >= 11 is 0. The lowest BCUT2D eigenvalue weighted by molar-refractivity contribution is -0.128. The maximum absolute atomic E-state index is 12.8. The van der Waals surface area contributed by atoms with E-state index in [9.17, 15) is 9.90 Å². The van der Waals surface area contributed by atoms with Crippen molar-refractivity contribution in [1.82, 2.24) is 0 Å². The molecule has 1 aromatic rings. The van der Waals surface area contributed by atoms with Gasteiger partial charge in [-0.2, -0.15) is 0 Å². The molecule has 0 aromatic heterocycles. The molecule has 0 unspecified atom stereocenters. The largest absolute Gasteiger partial charge is 0.390 e. The Balaban J connectivity index is 1.59. The van der Waals surface area contributed by atoms with Gasteiger partial charge in [-0.05, 0) is 37.3 Å². The summed E-state index contributed by atoms with van der Waals surface area (Å²) in [6.07, 6.45) is 0.320. The SMILES string of the molecule is Cc1ccc(N2C(=O)[C@@H]3[C@H]4C[C@H]5[C@H](O[C@@H]2[C@H]53)[C@H]4O)cc1. The highest BCUT2D eigenvalue weighted by Crippen LogP contribution is 2.63. The first-order valence-corrected chi connectivity index (χ1v) is 7.40. The van der Waals surface area contributed by atoms with Crippen molar-refractivity contribution in [3.8, 4) is 0 Å². The number of hydrogen-bond donors (Lipinski definition) is 1. The van der Waals surface area contributed by atoms with Gasteiger partial charge in [-0.25, -0.2) is 0 Å². The molecule has 4 heteroatoms. The number of ether oxygens (including phenoxy) is 1. The van der Waals surface area contributed by atoms with Crippen LogP contribution in [0.1, 0.15) is 12.0 Å². The van der Waals surface area contributed by atoms with Crippen LogP contribution in [0.15, 0.2) is 24.3 Å². The standard InChI is InChI=1S/C16H17NO3/c1-7-2-4-8(5-3-7)17-15(19)11-9-6-10-12(11)16(17)20-14(10)13(9)18/h2-5,9-14,16,18H,6H2,1H3/t9-,10-,11-,12-,13+,14+,16-/m1/s1. The van der Waals surface area contributed by atoms with Crippen LogP contribution in [0.5, 0.6) is 0 Å². The summed E-state index contributed by atoms with van der Waals surface area (Å²) in [6.45, 7) is 2.04. The van der Waals surface area contributed by atoms with E-state index < -0.39 is 6.10 Å². The van der Waals surface area contributed by atoms with E-state index in [0.717, 1.165) is 12.1 Å². The number of carbonyl (C=O) groups is 1. The minimum atomic E-state index is -0.435. The Morgan fingerprint density at radius 3 is 2.75 bits per heavy atom. The molecule has 5 rings (SSSR count). The summed E-state index contributed by atoms with van der Waals surface area (Å²) in [5, 5.41) is 10.2. The molecule has 2 aliphatic carbocycles. The molecule has 20 heavy (non-hydrogen) atoms. The van der Waals surface area contributed by atoms with Crippen molar-refractivity contribution in [2.24, 2.45) is 23.7 Å². The van der Waals surface area contributed by atoms with Crippen LogP contribution in [0.25, 0.3) is 0 Å². The van der Waals surface area contributed by atoms with Gasteiger partial charge >= 0.3 is 0 Å². The third-order valence-corrected chi connectivity index (χ3v) is 5.83. The van der Waals surface area contributed by atoms with Gasteiger partial charge in [-0.1, -0.05) is 17.7 Å². The predicted molar refractivity (Wildman–Crippen MR) is 71.9 cm³/mol. The topological polar surface area (TPSA) is 49.8 Å². The average Bonchev–Trinajstić information content (AvgIpc) is 3.09. The van der Waals surface area contributed by atoms with Crippen molar-refractivity contribution in [3.63, 3.8) is 0 Å². The summed E-state index contributed by atoms with van der Waals surface area (Å²) < 4.78 is 6.07. The lowest BCUT2D eigenvalue weighted by atomic mass is 9.80. The highest BCUT2D eigenvalue weighted by Gasteiger charge is 2.72. The molecule has 2 heterocycles. The van der Waals surface area contributed by atoms with E-state index in [4.69, 9.17) is 4.74 Å². The lowest BCUT2D eigenvalue weighted by Gasteiger charge is -2.30. The third kappa shape index (κ3) is 1.10. The van der Waals surface area contributed by atoms with E-state index in [0.29, 0.717) is 11.8 Å². The highest BCUT2D eigenvalue weighted by molar-refractivity contribution is 5.99. The van der Waals surface area contributed by atoms with Gasteiger partial charge in [0.05, 0.1) is 18.1 Å². The van der Waals surface area contributed by atoms with Crippen molar-refractivity contribution in [2.45, 2.75) is 31.8 Å². The molecular weight excluding hydrogens is 254 g/mol. The zero-order valence-electron chi connectivity index (χ0n) is 11.3. The lowest BCUT2D eigenvalue weighted by Crippen LogP contribution is -2.43. The number of benzene rings is 1. The van der Waals surface area contributed by atoms with Gasteiger partial charge in [0.15, 0.2) is 0 Å². The summed E-state index contributed by atoms with van der Waals surface area (Å²) in [5.41, 5.74) is 2.11. The molecule has 4 aliphatic rings. The second-order valence-electron chi connectivity index (χ2n) is 6.69. The maximum atomic E-state index is 12.8. The van der Waals surface area contributed by atoms with Crippen LogP contribution >= 0.6 is 0 Å². The first kappa shape index (κ1) is 11.3. The van der Waals surface area contributed by atoms with Crippen LogP contribution in [-0.4, -0.2) is 29.4 Å². The molecule has 2 saturated heterocycles. The summed E-state index contributed by atoms with van der Waals surface area (Å²) in [6, 6.07) is 8.04. The Labute approximate surface area is 117 Å². The van der Waals surface area contributed by atoms with Crippen LogP contribution in [0.4, 0.5) is 5.69 Å². The van der Waals surface area contributed by atoms with Gasteiger partial charge < -0.3 is 9.84 Å². The first-order valence-electron chi connectivity index (χ1n) is 7.40. The van der Waals surface area contributed by atoms with Gasteiger partial charge in [-0.15, -0.1) is 0 Å². The molecule has 2 bridgehead atoms. The molecular formula is C16H17NO3. The van der Waals surface area contributed by atoms with Crippen molar-refractivity contribution >= 4 is 11.6 Å². The van der Waals surface area contributed by atoms with Crippen molar-refractivity contribution < 1.29 is 14.6 Å².